The minimum atomic E-state index is -0.228. The number of carbonyl (C=O) groups is 1. The minimum Gasteiger partial charge on any atom is -0.319 e. The molecule has 24 heavy (non-hydrogen) atoms. The molecular weight excluding hydrogens is 384 g/mol. The zero-order valence-corrected chi connectivity index (χ0v) is 15.3. The SMILES string of the molecule is Cn1c(=NC(=O)c2ccc(Br)cc2)sc2ccc3ccccc3c21. The van der Waals surface area contributed by atoms with Crippen LogP contribution >= 0.6 is 27.3 Å². The van der Waals surface area contributed by atoms with Gasteiger partial charge >= 0.3 is 0 Å². The Balaban J connectivity index is 1.91. The molecule has 3 nitrogen and oxygen atoms in total. The van der Waals surface area contributed by atoms with Gasteiger partial charge in [-0.3, -0.25) is 4.79 Å². The Morgan fingerprint density at radius 2 is 1.79 bits per heavy atom. The molecule has 1 aromatic heterocycles. The average Bonchev–Trinajstić information content (AvgIpc) is 2.92. The van der Waals surface area contributed by atoms with Crippen molar-refractivity contribution in [1.29, 1.82) is 0 Å². The van der Waals surface area contributed by atoms with Gasteiger partial charge in [-0.15, -0.1) is 0 Å². The number of hydrogen-bond donors (Lipinski definition) is 0. The zero-order chi connectivity index (χ0) is 16.7. The van der Waals surface area contributed by atoms with E-state index in [2.05, 4.69) is 45.2 Å². The molecule has 118 valence electrons. The van der Waals surface area contributed by atoms with E-state index in [0.717, 1.165) is 14.7 Å². The molecule has 0 saturated heterocycles. The predicted octanol–water partition coefficient (Wildman–Crippen LogP) is 4.90. The van der Waals surface area contributed by atoms with Crippen molar-refractivity contribution in [3.8, 4) is 0 Å². The number of aryl methyl sites for hydroxylation is 1. The molecule has 0 radical (unpaired) electrons. The molecule has 0 unspecified atom stereocenters. The number of thiazole rings is 1. The third-order valence-electron chi connectivity index (χ3n) is 3.98. The molecular formula is C19H13BrN2OS. The number of halogens is 1. The number of hydrogen-bond acceptors (Lipinski definition) is 2. The zero-order valence-electron chi connectivity index (χ0n) is 12.9. The highest BCUT2D eigenvalue weighted by Crippen LogP contribution is 2.26. The molecule has 1 heterocycles. The fourth-order valence-electron chi connectivity index (χ4n) is 2.77. The van der Waals surface area contributed by atoms with Crippen molar-refractivity contribution in [2.24, 2.45) is 12.0 Å². The molecule has 3 aromatic carbocycles. The van der Waals surface area contributed by atoms with Crippen LogP contribution < -0.4 is 4.80 Å². The van der Waals surface area contributed by atoms with Gasteiger partial charge in [0.25, 0.3) is 5.91 Å². The van der Waals surface area contributed by atoms with Gasteiger partial charge in [0.2, 0.25) is 0 Å². The van der Waals surface area contributed by atoms with Gasteiger partial charge in [-0.05, 0) is 35.7 Å². The highest BCUT2D eigenvalue weighted by Gasteiger charge is 2.09. The molecule has 0 N–H and O–H groups in total. The quantitative estimate of drug-likeness (QED) is 0.450. The molecule has 5 heteroatoms. The maximum absolute atomic E-state index is 12.4. The summed E-state index contributed by atoms with van der Waals surface area (Å²) in [5.41, 5.74) is 1.70. The van der Waals surface area contributed by atoms with E-state index in [1.165, 1.54) is 22.1 Å². The summed E-state index contributed by atoms with van der Waals surface area (Å²) in [5.74, 6) is -0.228. The van der Waals surface area contributed by atoms with E-state index in [9.17, 15) is 4.79 Å². The third-order valence-corrected chi connectivity index (χ3v) is 5.60. The molecule has 1 amide bonds. The second-order valence-electron chi connectivity index (χ2n) is 5.50. The lowest BCUT2D eigenvalue weighted by Crippen LogP contribution is -2.13. The Labute approximate surface area is 151 Å². The summed E-state index contributed by atoms with van der Waals surface area (Å²) in [6, 6.07) is 19.7. The molecule has 4 rings (SSSR count). The molecule has 0 aliphatic carbocycles. The molecule has 0 aliphatic heterocycles. The Morgan fingerprint density at radius 3 is 2.58 bits per heavy atom. The van der Waals surface area contributed by atoms with Crippen molar-refractivity contribution in [2.45, 2.75) is 0 Å². The highest BCUT2D eigenvalue weighted by molar-refractivity contribution is 9.10. The van der Waals surface area contributed by atoms with Crippen LogP contribution in [0.4, 0.5) is 0 Å². The lowest BCUT2D eigenvalue weighted by Gasteiger charge is -2.01. The van der Waals surface area contributed by atoms with Gasteiger partial charge in [-0.25, -0.2) is 0 Å². The van der Waals surface area contributed by atoms with Crippen LogP contribution in [0.2, 0.25) is 0 Å². The summed E-state index contributed by atoms with van der Waals surface area (Å²) >= 11 is 4.91. The van der Waals surface area contributed by atoms with Crippen LogP contribution in [0.5, 0.6) is 0 Å². The van der Waals surface area contributed by atoms with E-state index < -0.39 is 0 Å². The molecule has 0 spiro atoms. The van der Waals surface area contributed by atoms with Crippen LogP contribution in [0.1, 0.15) is 10.4 Å². The van der Waals surface area contributed by atoms with Crippen molar-refractivity contribution >= 4 is 54.2 Å². The Kier molecular flexibility index (Phi) is 3.82. The summed E-state index contributed by atoms with van der Waals surface area (Å²) < 4.78 is 4.07. The van der Waals surface area contributed by atoms with Crippen LogP contribution in [0.15, 0.2) is 70.1 Å². The Bertz CT molecular complexity index is 1140. The molecule has 4 aromatic rings. The fraction of sp³-hybridized carbons (Fsp3) is 0.0526. The minimum absolute atomic E-state index is 0.228. The molecule has 0 aliphatic rings. The first kappa shape index (κ1) is 15.3. The normalized spacial score (nSPS) is 12.2. The van der Waals surface area contributed by atoms with E-state index in [1.54, 1.807) is 12.1 Å². The summed E-state index contributed by atoms with van der Waals surface area (Å²) in [6.07, 6.45) is 0. The number of rotatable bonds is 1. The van der Waals surface area contributed by atoms with Crippen molar-refractivity contribution in [1.82, 2.24) is 4.57 Å². The van der Waals surface area contributed by atoms with Gasteiger partial charge in [0, 0.05) is 22.5 Å². The van der Waals surface area contributed by atoms with Crippen LogP contribution in [-0.2, 0) is 7.05 Å². The first-order chi connectivity index (χ1) is 11.6. The van der Waals surface area contributed by atoms with Gasteiger partial charge in [0.1, 0.15) is 0 Å². The summed E-state index contributed by atoms with van der Waals surface area (Å²) in [5, 5.41) is 2.36. The largest absolute Gasteiger partial charge is 0.319 e. The molecule has 0 saturated carbocycles. The number of amides is 1. The summed E-state index contributed by atoms with van der Waals surface area (Å²) in [7, 11) is 1.96. The number of aromatic nitrogens is 1. The number of nitrogens with zero attached hydrogens (tertiary/aromatic N) is 2. The maximum Gasteiger partial charge on any atom is 0.279 e. The van der Waals surface area contributed by atoms with Gasteiger partial charge in [0.15, 0.2) is 4.80 Å². The monoisotopic (exact) mass is 396 g/mol. The van der Waals surface area contributed by atoms with Crippen LogP contribution in [0.3, 0.4) is 0 Å². The van der Waals surface area contributed by atoms with Crippen LogP contribution in [0.25, 0.3) is 21.0 Å². The number of carbonyl (C=O) groups excluding carboxylic acids is 1. The summed E-state index contributed by atoms with van der Waals surface area (Å²) in [4.78, 5) is 17.5. The Hall–Kier alpha value is -2.24. The first-order valence-electron chi connectivity index (χ1n) is 7.45. The van der Waals surface area contributed by atoms with Gasteiger partial charge in [0.05, 0.1) is 10.2 Å². The van der Waals surface area contributed by atoms with E-state index >= 15 is 0 Å². The van der Waals surface area contributed by atoms with Crippen molar-refractivity contribution < 1.29 is 4.79 Å². The maximum atomic E-state index is 12.4. The number of benzene rings is 3. The highest BCUT2D eigenvalue weighted by atomic mass is 79.9. The van der Waals surface area contributed by atoms with E-state index in [1.807, 2.05) is 35.9 Å². The summed E-state index contributed by atoms with van der Waals surface area (Å²) in [6.45, 7) is 0. The van der Waals surface area contributed by atoms with E-state index in [-0.39, 0.29) is 5.91 Å². The second-order valence-corrected chi connectivity index (χ2v) is 7.43. The fourth-order valence-corrected chi connectivity index (χ4v) is 4.07. The van der Waals surface area contributed by atoms with Crippen LogP contribution in [0, 0.1) is 0 Å². The van der Waals surface area contributed by atoms with E-state index in [0.29, 0.717) is 10.4 Å². The smallest absolute Gasteiger partial charge is 0.279 e. The van der Waals surface area contributed by atoms with Crippen molar-refractivity contribution in [2.75, 3.05) is 0 Å². The van der Waals surface area contributed by atoms with Gasteiger partial charge in [-0.1, -0.05) is 57.6 Å². The van der Waals surface area contributed by atoms with Gasteiger partial charge < -0.3 is 4.57 Å². The topological polar surface area (TPSA) is 34.4 Å². The second kappa shape index (κ2) is 6.00. The van der Waals surface area contributed by atoms with Crippen molar-refractivity contribution in [3.63, 3.8) is 0 Å². The van der Waals surface area contributed by atoms with Crippen LogP contribution in [-0.4, -0.2) is 10.5 Å². The first-order valence-corrected chi connectivity index (χ1v) is 9.06. The Morgan fingerprint density at radius 1 is 1.04 bits per heavy atom. The predicted molar refractivity (Wildman–Crippen MR) is 102 cm³/mol. The van der Waals surface area contributed by atoms with E-state index in [4.69, 9.17) is 0 Å². The molecule has 0 fully saturated rings. The van der Waals surface area contributed by atoms with Crippen molar-refractivity contribution in [3.05, 3.63) is 75.5 Å². The lowest BCUT2D eigenvalue weighted by molar-refractivity contribution is 0.0998. The standard InChI is InChI=1S/C19H13BrN2OS/c1-22-17-15-5-3-2-4-12(15)8-11-16(17)24-19(22)21-18(23)13-6-9-14(20)10-7-13/h2-11H,1H3. The third kappa shape index (κ3) is 2.60. The average molecular weight is 397 g/mol. The molecule has 0 bridgehead atoms. The number of fused-ring (bicyclic) bond motifs is 3. The van der Waals surface area contributed by atoms with Gasteiger partial charge in [-0.2, -0.15) is 4.99 Å². The lowest BCUT2D eigenvalue weighted by atomic mass is 10.1. The molecule has 0 atom stereocenters.